The normalized spacial score (nSPS) is 11.9. The summed E-state index contributed by atoms with van der Waals surface area (Å²) >= 11 is -1.41. The van der Waals surface area contributed by atoms with Gasteiger partial charge in [-0.3, -0.25) is 4.79 Å². The first kappa shape index (κ1) is 20.9. The number of rotatable bonds is 5. The number of benzene rings is 4. The first-order valence-electron chi connectivity index (χ1n) is 10.4. The van der Waals surface area contributed by atoms with Gasteiger partial charge in [-0.25, -0.2) is 0 Å². The van der Waals surface area contributed by atoms with Gasteiger partial charge in [0.25, 0.3) is 5.91 Å². The molecule has 5 rings (SSSR count). The molecule has 1 heterocycles. The van der Waals surface area contributed by atoms with Crippen molar-refractivity contribution < 1.29 is 9.35 Å². The van der Waals surface area contributed by atoms with Crippen molar-refractivity contribution in [1.82, 2.24) is 3.97 Å². The molecule has 0 saturated carbocycles. The summed E-state index contributed by atoms with van der Waals surface area (Å²) in [6.07, 6.45) is 1.78. The van der Waals surface area contributed by atoms with Crippen LogP contribution in [0.15, 0.2) is 114 Å². The molecular weight excluding hydrogens is 430 g/mol. The standard InChI is InChI=1S/C27H21N3O2S/c28-24-8-4-5-9-25(24)29-27(31)22-12-15-26-21(18-22)16-17-30(26)33(32)23-13-10-20(11-14-23)19-6-2-1-3-7-19/h1-18H,28H2,(H,29,31). The highest BCUT2D eigenvalue weighted by atomic mass is 32.2. The Bertz CT molecular complexity index is 1430. The molecule has 0 aliphatic rings. The summed E-state index contributed by atoms with van der Waals surface area (Å²) in [6, 6.07) is 32.1. The molecule has 6 heteroatoms. The Kier molecular flexibility index (Phi) is 5.60. The maximum Gasteiger partial charge on any atom is 0.255 e. The molecule has 0 fully saturated rings. The van der Waals surface area contributed by atoms with Gasteiger partial charge in [0, 0.05) is 10.9 Å². The smallest absolute Gasteiger partial charge is 0.255 e. The molecule has 0 aliphatic heterocycles. The lowest BCUT2D eigenvalue weighted by Gasteiger charge is -2.12. The van der Waals surface area contributed by atoms with Crippen molar-refractivity contribution in [3.05, 3.63) is 115 Å². The number of carbonyl (C=O) groups is 1. The van der Waals surface area contributed by atoms with Crippen LogP contribution in [0.4, 0.5) is 11.4 Å². The number of nitrogen functional groups attached to an aromatic ring is 1. The first-order chi connectivity index (χ1) is 16.1. The molecule has 1 amide bonds. The van der Waals surface area contributed by atoms with Crippen molar-refractivity contribution in [2.45, 2.75) is 4.90 Å². The third kappa shape index (κ3) is 4.22. The molecule has 3 N–H and O–H groups in total. The highest BCUT2D eigenvalue weighted by molar-refractivity contribution is 7.90. The van der Waals surface area contributed by atoms with E-state index in [0.717, 1.165) is 22.0 Å². The number of fused-ring (bicyclic) bond motifs is 1. The van der Waals surface area contributed by atoms with Gasteiger partial charge in [0.15, 0.2) is 4.90 Å². The van der Waals surface area contributed by atoms with Crippen LogP contribution < -0.4 is 11.1 Å². The predicted molar refractivity (Wildman–Crippen MR) is 134 cm³/mol. The number of aromatic nitrogens is 1. The van der Waals surface area contributed by atoms with E-state index in [1.54, 1.807) is 34.4 Å². The Morgan fingerprint density at radius 3 is 2.27 bits per heavy atom. The Morgan fingerprint density at radius 2 is 1.52 bits per heavy atom. The Morgan fingerprint density at radius 1 is 0.818 bits per heavy atom. The second-order valence-corrected chi connectivity index (χ2v) is 8.96. The number of amides is 1. The van der Waals surface area contributed by atoms with Gasteiger partial charge in [-0.1, -0.05) is 42.5 Å². The number of hydrogen-bond donors (Lipinski definition) is 2. The Labute approximate surface area is 194 Å². The largest absolute Gasteiger partial charge is 0.587 e. The lowest BCUT2D eigenvalue weighted by Crippen LogP contribution is -2.14. The van der Waals surface area contributed by atoms with Gasteiger partial charge in [-0.2, -0.15) is 3.97 Å². The fourth-order valence-electron chi connectivity index (χ4n) is 3.72. The monoisotopic (exact) mass is 451 g/mol. The number of hydrogen-bond acceptors (Lipinski definition) is 3. The number of nitrogens with two attached hydrogens (primary N) is 1. The maximum atomic E-state index is 13.2. The molecule has 0 radical (unpaired) electrons. The summed E-state index contributed by atoms with van der Waals surface area (Å²) in [6.45, 7) is 0. The van der Waals surface area contributed by atoms with Gasteiger partial charge in [0.1, 0.15) is 11.4 Å². The molecule has 1 unspecified atom stereocenters. The van der Waals surface area contributed by atoms with Crippen molar-refractivity contribution >= 4 is 39.5 Å². The summed E-state index contributed by atoms with van der Waals surface area (Å²) in [5, 5.41) is 3.67. The highest BCUT2D eigenvalue weighted by Crippen LogP contribution is 2.26. The van der Waals surface area contributed by atoms with Crippen LogP contribution in [0.3, 0.4) is 0 Å². The summed E-state index contributed by atoms with van der Waals surface area (Å²) in [5.41, 5.74) is 10.5. The van der Waals surface area contributed by atoms with E-state index >= 15 is 0 Å². The molecular formula is C27H21N3O2S. The van der Waals surface area contributed by atoms with Crippen molar-refractivity contribution in [2.75, 3.05) is 11.1 Å². The van der Waals surface area contributed by atoms with Crippen molar-refractivity contribution in [1.29, 1.82) is 0 Å². The van der Waals surface area contributed by atoms with E-state index in [2.05, 4.69) is 5.32 Å². The van der Waals surface area contributed by atoms with E-state index in [4.69, 9.17) is 5.73 Å². The van der Waals surface area contributed by atoms with Crippen LogP contribution in [0.25, 0.3) is 22.0 Å². The second kappa shape index (κ2) is 8.86. The summed E-state index contributed by atoms with van der Waals surface area (Å²) in [4.78, 5) is 13.4. The second-order valence-electron chi connectivity index (χ2n) is 7.60. The molecule has 0 saturated heterocycles. The van der Waals surface area contributed by atoms with Crippen LogP contribution in [-0.2, 0) is 11.4 Å². The van der Waals surface area contributed by atoms with Gasteiger partial charge in [-0.15, -0.1) is 0 Å². The average molecular weight is 452 g/mol. The zero-order valence-electron chi connectivity index (χ0n) is 17.6. The zero-order valence-corrected chi connectivity index (χ0v) is 18.5. The molecule has 1 aromatic heterocycles. The van der Waals surface area contributed by atoms with Gasteiger partial charge in [-0.05, 0) is 71.8 Å². The fourth-order valence-corrected chi connectivity index (χ4v) is 4.83. The van der Waals surface area contributed by atoms with Gasteiger partial charge < -0.3 is 15.6 Å². The minimum absolute atomic E-state index is 0.250. The third-order valence-corrected chi connectivity index (χ3v) is 6.82. The minimum Gasteiger partial charge on any atom is -0.587 e. The Balaban J connectivity index is 1.38. The van der Waals surface area contributed by atoms with E-state index in [0.29, 0.717) is 21.8 Å². The van der Waals surface area contributed by atoms with Gasteiger partial charge >= 0.3 is 0 Å². The number of carbonyl (C=O) groups excluding carboxylic acids is 1. The van der Waals surface area contributed by atoms with E-state index in [1.807, 2.05) is 78.9 Å². The topological polar surface area (TPSA) is 83.1 Å². The molecule has 4 aromatic carbocycles. The molecule has 1 atom stereocenters. The number of nitrogens with zero attached hydrogens (tertiary/aromatic N) is 1. The number of anilines is 2. The molecule has 162 valence electrons. The van der Waals surface area contributed by atoms with Crippen LogP contribution in [0.5, 0.6) is 0 Å². The van der Waals surface area contributed by atoms with E-state index in [1.165, 1.54) is 0 Å². The first-order valence-corrected chi connectivity index (χ1v) is 11.6. The number of para-hydroxylation sites is 2. The van der Waals surface area contributed by atoms with Crippen molar-refractivity contribution in [3.8, 4) is 11.1 Å². The van der Waals surface area contributed by atoms with Gasteiger partial charge in [0.05, 0.1) is 23.1 Å². The molecule has 5 nitrogen and oxygen atoms in total. The summed E-state index contributed by atoms with van der Waals surface area (Å²) < 4.78 is 15.0. The minimum atomic E-state index is -1.41. The molecule has 0 bridgehead atoms. The zero-order chi connectivity index (χ0) is 22.8. The maximum absolute atomic E-state index is 13.2. The highest BCUT2D eigenvalue weighted by Gasteiger charge is 2.18. The van der Waals surface area contributed by atoms with Crippen LogP contribution in [0.1, 0.15) is 10.4 Å². The quantitative estimate of drug-likeness (QED) is 0.265. The summed E-state index contributed by atoms with van der Waals surface area (Å²) in [7, 11) is 0. The van der Waals surface area contributed by atoms with Gasteiger partial charge in [0.2, 0.25) is 0 Å². The van der Waals surface area contributed by atoms with E-state index in [-0.39, 0.29) is 5.91 Å². The lowest BCUT2D eigenvalue weighted by atomic mass is 10.1. The Hall–Kier alpha value is -4.00. The molecule has 33 heavy (non-hydrogen) atoms. The third-order valence-electron chi connectivity index (χ3n) is 5.47. The SMILES string of the molecule is Nc1ccccc1NC(=O)c1ccc2c(ccn2[S+]([O-])c2ccc(-c3ccccc3)cc2)c1. The van der Waals surface area contributed by atoms with Crippen LogP contribution in [0, 0.1) is 0 Å². The average Bonchev–Trinajstić information content (AvgIpc) is 3.29. The lowest BCUT2D eigenvalue weighted by molar-refractivity contribution is 0.102. The van der Waals surface area contributed by atoms with Crippen molar-refractivity contribution in [3.63, 3.8) is 0 Å². The molecule has 0 aliphatic carbocycles. The van der Waals surface area contributed by atoms with Crippen molar-refractivity contribution in [2.24, 2.45) is 0 Å². The summed E-state index contributed by atoms with van der Waals surface area (Å²) in [5.74, 6) is -0.250. The predicted octanol–water partition coefficient (Wildman–Crippen LogP) is 5.71. The van der Waals surface area contributed by atoms with E-state index < -0.39 is 11.4 Å². The molecule has 0 spiro atoms. The number of nitrogens with one attached hydrogen (secondary N) is 1. The van der Waals surface area contributed by atoms with E-state index in [9.17, 15) is 9.35 Å². The fraction of sp³-hybridized carbons (Fsp3) is 0. The van der Waals surface area contributed by atoms with Crippen LogP contribution in [-0.4, -0.2) is 14.4 Å². The molecule has 5 aromatic rings. The van der Waals surface area contributed by atoms with Crippen LogP contribution >= 0.6 is 0 Å². The van der Waals surface area contributed by atoms with Crippen LogP contribution in [0.2, 0.25) is 0 Å².